The molecule has 1 aromatic heterocycles. The van der Waals surface area contributed by atoms with Gasteiger partial charge in [0.25, 0.3) is 5.91 Å². The Bertz CT molecular complexity index is 751. The number of fused-ring (bicyclic) bond motifs is 1. The topological polar surface area (TPSA) is 81.3 Å². The number of aromatic nitrogens is 2. The van der Waals surface area contributed by atoms with E-state index >= 15 is 0 Å². The third-order valence-corrected chi connectivity index (χ3v) is 3.80. The minimum atomic E-state index is -0.681. The highest BCUT2D eigenvalue weighted by Gasteiger charge is 2.21. The maximum Gasteiger partial charge on any atom is 0.286 e. The maximum atomic E-state index is 14.0. The van der Waals surface area contributed by atoms with Gasteiger partial charge < -0.3 is 10.5 Å². The van der Waals surface area contributed by atoms with Crippen LogP contribution in [-0.4, -0.2) is 34.4 Å². The quantitative estimate of drug-likeness (QED) is 0.913. The van der Waals surface area contributed by atoms with E-state index in [4.69, 9.17) is 10.5 Å². The summed E-state index contributed by atoms with van der Waals surface area (Å²) in [6, 6.07) is 4.67. The number of methoxy groups -OCH3 is 1. The number of primary amides is 1. The van der Waals surface area contributed by atoms with Crippen molar-refractivity contribution in [3.8, 4) is 5.75 Å². The molecule has 1 aromatic carbocycles. The standard InChI is InChI=1S/C16H16FN4O2/c1-23-12-2-3-13(17)11(6-12)8-21-5-4-10-7-19-16(15(18)22)20-14(10)9-21/h2-3,6H,4-5,8-9H2,1H3,(H2,18,22). The molecule has 0 unspecified atom stereocenters. The third kappa shape index (κ3) is 3.29. The Balaban J connectivity index is 1.79. The van der Waals surface area contributed by atoms with Gasteiger partial charge in [0, 0.05) is 30.8 Å². The molecule has 0 spiro atoms. The van der Waals surface area contributed by atoms with Gasteiger partial charge in [0.15, 0.2) is 0 Å². The molecule has 1 radical (unpaired) electrons. The molecule has 7 heteroatoms. The molecule has 0 saturated carbocycles. The highest BCUT2D eigenvalue weighted by atomic mass is 19.1. The fourth-order valence-corrected chi connectivity index (χ4v) is 2.58. The summed E-state index contributed by atoms with van der Waals surface area (Å²) in [7, 11) is 1.55. The molecular formula is C16H16FN4O2. The van der Waals surface area contributed by atoms with Gasteiger partial charge >= 0.3 is 0 Å². The number of halogens is 1. The van der Waals surface area contributed by atoms with Gasteiger partial charge in [-0.3, -0.25) is 9.69 Å². The largest absolute Gasteiger partial charge is 0.497 e. The predicted molar refractivity (Wildman–Crippen MR) is 80.2 cm³/mol. The number of amides is 1. The van der Waals surface area contributed by atoms with Gasteiger partial charge in [-0.25, -0.2) is 14.4 Å². The molecule has 1 aliphatic rings. The Morgan fingerprint density at radius 2 is 2.35 bits per heavy atom. The first-order valence-electron chi connectivity index (χ1n) is 7.19. The van der Waals surface area contributed by atoms with Gasteiger partial charge in [0.1, 0.15) is 11.6 Å². The van der Waals surface area contributed by atoms with Crippen molar-refractivity contribution in [2.45, 2.75) is 19.5 Å². The number of nitrogens with two attached hydrogens (primary N) is 1. The average Bonchev–Trinajstić information content (AvgIpc) is 2.56. The van der Waals surface area contributed by atoms with Crippen molar-refractivity contribution in [3.63, 3.8) is 0 Å². The first kappa shape index (κ1) is 15.4. The van der Waals surface area contributed by atoms with E-state index in [1.165, 1.54) is 6.07 Å². The van der Waals surface area contributed by atoms with Crippen molar-refractivity contribution in [1.82, 2.24) is 14.9 Å². The van der Waals surface area contributed by atoms with Crippen LogP contribution in [0.1, 0.15) is 27.4 Å². The van der Waals surface area contributed by atoms with E-state index in [2.05, 4.69) is 16.2 Å². The van der Waals surface area contributed by atoms with Crippen LogP contribution < -0.4 is 10.5 Å². The number of hydrogen-bond acceptors (Lipinski definition) is 5. The summed E-state index contributed by atoms with van der Waals surface area (Å²) in [5.41, 5.74) is 7.34. The van der Waals surface area contributed by atoms with Crippen LogP contribution in [0.4, 0.5) is 4.39 Å². The lowest BCUT2D eigenvalue weighted by Crippen LogP contribution is -2.32. The zero-order valence-corrected chi connectivity index (χ0v) is 12.7. The number of rotatable bonds is 4. The van der Waals surface area contributed by atoms with Crippen molar-refractivity contribution in [3.05, 3.63) is 52.9 Å². The molecule has 0 atom stereocenters. The van der Waals surface area contributed by atoms with E-state index in [-0.39, 0.29) is 11.6 Å². The number of ether oxygens (including phenoxy) is 1. The zero-order chi connectivity index (χ0) is 16.4. The molecule has 2 N–H and O–H groups in total. The van der Waals surface area contributed by atoms with Crippen molar-refractivity contribution < 1.29 is 13.9 Å². The minimum Gasteiger partial charge on any atom is -0.497 e. The first-order valence-corrected chi connectivity index (χ1v) is 7.19. The van der Waals surface area contributed by atoms with E-state index in [9.17, 15) is 9.18 Å². The Morgan fingerprint density at radius 3 is 3.09 bits per heavy atom. The van der Waals surface area contributed by atoms with Gasteiger partial charge in [-0.1, -0.05) is 0 Å². The molecule has 23 heavy (non-hydrogen) atoms. The molecule has 1 aliphatic heterocycles. The van der Waals surface area contributed by atoms with Crippen molar-refractivity contribution in [2.75, 3.05) is 13.7 Å². The van der Waals surface area contributed by atoms with Crippen molar-refractivity contribution >= 4 is 5.91 Å². The summed E-state index contributed by atoms with van der Waals surface area (Å²) in [6.45, 7) is 1.66. The molecule has 0 bridgehead atoms. The Morgan fingerprint density at radius 1 is 1.52 bits per heavy atom. The fraction of sp³-hybridized carbons (Fsp3) is 0.312. The summed E-state index contributed by atoms with van der Waals surface area (Å²) in [4.78, 5) is 21.2. The van der Waals surface area contributed by atoms with E-state index in [0.717, 1.165) is 12.1 Å². The molecule has 2 aromatic rings. The minimum absolute atomic E-state index is 0.0434. The van der Waals surface area contributed by atoms with E-state index in [1.807, 2.05) is 4.90 Å². The van der Waals surface area contributed by atoms with E-state index in [1.54, 1.807) is 19.2 Å². The van der Waals surface area contributed by atoms with E-state index in [0.29, 0.717) is 36.5 Å². The Kier molecular flexibility index (Phi) is 4.20. The number of carbonyl (C=O) groups is 1. The van der Waals surface area contributed by atoms with Gasteiger partial charge in [0.05, 0.1) is 19.0 Å². The molecule has 2 heterocycles. The van der Waals surface area contributed by atoms with Crippen LogP contribution in [0.15, 0.2) is 18.2 Å². The van der Waals surface area contributed by atoms with Crippen LogP contribution in [0.5, 0.6) is 5.75 Å². The van der Waals surface area contributed by atoms with Gasteiger partial charge in [-0.2, -0.15) is 0 Å². The average molecular weight is 315 g/mol. The summed E-state index contributed by atoms with van der Waals surface area (Å²) < 4.78 is 19.1. The second-order valence-corrected chi connectivity index (χ2v) is 5.37. The smallest absolute Gasteiger partial charge is 0.286 e. The fourth-order valence-electron chi connectivity index (χ4n) is 2.58. The Hall–Kier alpha value is -2.54. The number of hydrogen-bond donors (Lipinski definition) is 1. The van der Waals surface area contributed by atoms with Crippen LogP contribution in [-0.2, 0) is 19.5 Å². The number of benzene rings is 1. The second-order valence-electron chi connectivity index (χ2n) is 5.37. The lowest BCUT2D eigenvalue weighted by Gasteiger charge is -2.27. The lowest BCUT2D eigenvalue weighted by atomic mass is 10.1. The van der Waals surface area contributed by atoms with Crippen LogP contribution in [0.3, 0.4) is 0 Å². The SMILES string of the molecule is COc1ccc(F)c(CN2CCc3[c]nc(C(N)=O)nc3C2)c1. The molecule has 6 nitrogen and oxygen atoms in total. The third-order valence-electron chi connectivity index (χ3n) is 3.80. The monoisotopic (exact) mass is 315 g/mol. The molecule has 3 rings (SSSR count). The van der Waals surface area contributed by atoms with Crippen molar-refractivity contribution in [2.24, 2.45) is 5.73 Å². The molecule has 0 fully saturated rings. The molecule has 119 valence electrons. The zero-order valence-electron chi connectivity index (χ0n) is 12.7. The number of carbonyl (C=O) groups excluding carboxylic acids is 1. The molecule has 0 aliphatic carbocycles. The molecule has 0 saturated heterocycles. The Labute approximate surface area is 133 Å². The van der Waals surface area contributed by atoms with Crippen LogP contribution in [0, 0.1) is 12.0 Å². The highest BCUT2D eigenvalue weighted by Crippen LogP contribution is 2.22. The summed E-state index contributed by atoms with van der Waals surface area (Å²) in [5, 5.41) is 0. The molecule has 1 amide bonds. The second kappa shape index (κ2) is 6.29. The van der Waals surface area contributed by atoms with Gasteiger partial charge in [-0.05, 0) is 24.6 Å². The highest BCUT2D eigenvalue weighted by molar-refractivity contribution is 5.88. The maximum absolute atomic E-state index is 14.0. The van der Waals surface area contributed by atoms with Gasteiger partial charge in [0.2, 0.25) is 5.82 Å². The summed E-state index contributed by atoms with van der Waals surface area (Å²) >= 11 is 0. The summed E-state index contributed by atoms with van der Waals surface area (Å²) in [5.74, 6) is -0.382. The first-order chi connectivity index (χ1) is 11.1. The number of nitrogens with zero attached hydrogens (tertiary/aromatic N) is 3. The van der Waals surface area contributed by atoms with Crippen LogP contribution in [0.2, 0.25) is 0 Å². The molecular weight excluding hydrogens is 299 g/mol. The normalized spacial score (nSPS) is 14.3. The van der Waals surface area contributed by atoms with E-state index < -0.39 is 5.91 Å². The predicted octanol–water partition coefficient (Wildman–Crippen LogP) is 1.08. The van der Waals surface area contributed by atoms with Crippen molar-refractivity contribution in [1.29, 1.82) is 0 Å². The van der Waals surface area contributed by atoms with Crippen LogP contribution in [0.25, 0.3) is 0 Å². The lowest BCUT2D eigenvalue weighted by molar-refractivity contribution is 0.0989. The summed E-state index contributed by atoms with van der Waals surface area (Å²) in [6.07, 6.45) is 3.51. The van der Waals surface area contributed by atoms with Crippen LogP contribution >= 0.6 is 0 Å². The van der Waals surface area contributed by atoms with Gasteiger partial charge in [-0.15, -0.1) is 0 Å².